The highest BCUT2D eigenvalue weighted by atomic mass is 16.4. The van der Waals surface area contributed by atoms with Crippen LogP contribution in [0, 0.1) is 17.8 Å². The molecule has 6 N–H and O–H groups in total. The Morgan fingerprint density at radius 3 is 1.83 bits per heavy atom. The first-order valence-electron chi connectivity index (χ1n) is 12.4. The topological polar surface area (TPSA) is 151 Å². The number of hydrogen-bond donors (Lipinski definition) is 5. The molecule has 0 fully saturated rings. The normalized spacial score (nSPS) is 16.3. The Balaban J connectivity index is 3.10. The zero-order valence-electron chi connectivity index (χ0n) is 21.7. The van der Waals surface area contributed by atoms with Crippen LogP contribution in [0.15, 0.2) is 30.3 Å². The predicted octanol–water partition coefficient (Wildman–Crippen LogP) is 1.84. The summed E-state index contributed by atoms with van der Waals surface area (Å²) in [4.78, 5) is 50.7. The number of hydrogen-bond acceptors (Lipinski definition) is 5. The van der Waals surface area contributed by atoms with E-state index in [9.17, 15) is 24.3 Å². The number of rotatable bonds is 14. The molecule has 0 radical (unpaired) electrons. The minimum Gasteiger partial charge on any atom is -0.480 e. The molecule has 9 heteroatoms. The zero-order chi connectivity index (χ0) is 26.7. The van der Waals surface area contributed by atoms with Crippen molar-refractivity contribution in [1.29, 1.82) is 0 Å². The number of nitrogens with one attached hydrogen (secondary N) is 3. The third-order valence-electron chi connectivity index (χ3n) is 6.50. The summed E-state index contributed by atoms with van der Waals surface area (Å²) in [6.07, 6.45) is 1.49. The summed E-state index contributed by atoms with van der Waals surface area (Å²) in [5.74, 6) is -3.37. The van der Waals surface area contributed by atoms with Gasteiger partial charge in [0.15, 0.2) is 0 Å². The Bertz CT molecular complexity index is 845. The Morgan fingerprint density at radius 1 is 0.800 bits per heavy atom. The fraction of sp³-hybridized carbons (Fsp3) is 0.615. The van der Waals surface area contributed by atoms with E-state index >= 15 is 0 Å². The van der Waals surface area contributed by atoms with E-state index in [4.69, 9.17) is 5.73 Å². The lowest BCUT2D eigenvalue weighted by Crippen LogP contribution is -2.59. The van der Waals surface area contributed by atoms with Gasteiger partial charge in [0, 0.05) is 6.42 Å². The molecule has 0 aliphatic carbocycles. The van der Waals surface area contributed by atoms with Gasteiger partial charge in [-0.1, -0.05) is 84.7 Å². The van der Waals surface area contributed by atoms with Gasteiger partial charge in [0.1, 0.15) is 18.1 Å². The molecule has 196 valence electrons. The van der Waals surface area contributed by atoms with E-state index in [0.29, 0.717) is 12.8 Å². The first-order valence-corrected chi connectivity index (χ1v) is 12.4. The van der Waals surface area contributed by atoms with Crippen LogP contribution in [0.2, 0.25) is 0 Å². The molecule has 35 heavy (non-hydrogen) atoms. The van der Waals surface area contributed by atoms with Crippen molar-refractivity contribution < 1.29 is 24.3 Å². The highest BCUT2D eigenvalue weighted by Crippen LogP contribution is 2.12. The van der Waals surface area contributed by atoms with E-state index in [-0.39, 0.29) is 24.2 Å². The lowest BCUT2D eigenvalue weighted by Gasteiger charge is -2.28. The maximum Gasteiger partial charge on any atom is 0.326 e. The number of carbonyl (C=O) groups excluding carboxylic acids is 3. The molecule has 1 rings (SSSR count). The van der Waals surface area contributed by atoms with Gasteiger partial charge < -0.3 is 26.8 Å². The Morgan fingerprint density at radius 2 is 1.34 bits per heavy atom. The first kappa shape index (κ1) is 30.1. The van der Waals surface area contributed by atoms with E-state index in [0.717, 1.165) is 5.56 Å². The Labute approximate surface area is 208 Å². The van der Waals surface area contributed by atoms with Crippen LogP contribution in [0.4, 0.5) is 0 Å². The summed E-state index contributed by atoms with van der Waals surface area (Å²) < 4.78 is 0. The molecule has 0 aliphatic rings. The van der Waals surface area contributed by atoms with Crippen molar-refractivity contribution in [3.63, 3.8) is 0 Å². The van der Waals surface area contributed by atoms with Crippen molar-refractivity contribution in [3.05, 3.63) is 35.9 Å². The molecule has 0 saturated heterocycles. The molecule has 0 bridgehead atoms. The second-order valence-corrected chi connectivity index (χ2v) is 9.60. The molecule has 3 amide bonds. The molecule has 0 spiro atoms. The molecule has 0 aliphatic heterocycles. The van der Waals surface area contributed by atoms with Crippen molar-refractivity contribution in [2.75, 3.05) is 0 Å². The number of carbonyl (C=O) groups is 4. The van der Waals surface area contributed by atoms with E-state index in [1.807, 2.05) is 51.1 Å². The lowest BCUT2D eigenvalue weighted by molar-refractivity contribution is -0.144. The first-order chi connectivity index (χ1) is 16.4. The molecule has 0 aromatic heterocycles. The number of amides is 3. The monoisotopic (exact) mass is 490 g/mol. The van der Waals surface area contributed by atoms with Gasteiger partial charge in [0.25, 0.3) is 0 Å². The molecule has 1 aromatic rings. The number of nitrogens with two attached hydrogens (primary N) is 1. The van der Waals surface area contributed by atoms with Gasteiger partial charge in [-0.25, -0.2) is 4.79 Å². The van der Waals surface area contributed by atoms with Crippen LogP contribution in [-0.2, 0) is 25.6 Å². The van der Waals surface area contributed by atoms with Crippen molar-refractivity contribution in [2.45, 2.75) is 85.0 Å². The lowest BCUT2D eigenvalue weighted by atomic mass is 9.96. The van der Waals surface area contributed by atoms with E-state index in [2.05, 4.69) is 16.0 Å². The van der Waals surface area contributed by atoms with Crippen molar-refractivity contribution in [1.82, 2.24) is 16.0 Å². The Hall–Kier alpha value is -2.94. The highest BCUT2D eigenvalue weighted by Gasteiger charge is 2.33. The summed E-state index contributed by atoms with van der Waals surface area (Å²) in [5, 5.41) is 17.6. The maximum atomic E-state index is 13.3. The van der Waals surface area contributed by atoms with Crippen molar-refractivity contribution in [2.24, 2.45) is 23.5 Å². The number of carboxylic acid groups (broad SMARTS) is 1. The second kappa shape index (κ2) is 14.5. The summed E-state index contributed by atoms with van der Waals surface area (Å²) in [5.41, 5.74) is 6.90. The van der Waals surface area contributed by atoms with Crippen LogP contribution in [0.1, 0.15) is 59.9 Å². The van der Waals surface area contributed by atoms with E-state index in [1.165, 1.54) is 0 Å². The van der Waals surface area contributed by atoms with Gasteiger partial charge in [-0.05, 0) is 23.3 Å². The summed E-state index contributed by atoms with van der Waals surface area (Å²) in [6.45, 7) is 10.9. The average Bonchev–Trinajstić information content (AvgIpc) is 2.83. The van der Waals surface area contributed by atoms with Gasteiger partial charge in [0.05, 0.1) is 6.04 Å². The van der Waals surface area contributed by atoms with Gasteiger partial charge in [0.2, 0.25) is 17.7 Å². The molecule has 1 aromatic carbocycles. The number of aliphatic carboxylic acids is 1. The summed E-state index contributed by atoms with van der Waals surface area (Å²) in [6, 6.07) is 5.43. The fourth-order valence-electron chi connectivity index (χ4n) is 3.55. The standard InChI is InChI=1S/C26H42N4O5/c1-7-16(5)20(27)24(32)28-19(14-18-12-10-9-11-13-18)23(31)29-21(15(3)4)25(33)30-22(26(34)35)17(6)8-2/h9-13,15-17,19-22H,7-8,14,27H2,1-6H3,(H,28,32)(H,29,31)(H,30,33)(H,34,35). The molecule has 9 nitrogen and oxygen atoms in total. The quantitative estimate of drug-likeness (QED) is 0.268. The number of carboxylic acids is 1. The van der Waals surface area contributed by atoms with Crippen LogP contribution < -0.4 is 21.7 Å². The molecule has 6 unspecified atom stereocenters. The van der Waals surface area contributed by atoms with Gasteiger partial charge >= 0.3 is 5.97 Å². The van der Waals surface area contributed by atoms with Crippen LogP contribution in [0.25, 0.3) is 0 Å². The third-order valence-corrected chi connectivity index (χ3v) is 6.50. The van der Waals surface area contributed by atoms with E-state index in [1.54, 1.807) is 20.8 Å². The van der Waals surface area contributed by atoms with Gasteiger partial charge in [-0.3, -0.25) is 14.4 Å². The van der Waals surface area contributed by atoms with E-state index < -0.39 is 47.9 Å². The molecule has 0 saturated carbocycles. The maximum absolute atomic E-state index is 13.3. The zero-order valence-corrected chi connectivity index (χ0v) is 21.7. The second-order valence-electron chi connectivity index (χ2n) is 9.60. The highest BCUT2D eigenvalue weighted by molar-refractivity contribution is 5.94. The molecular weight excluding hydrogens is 448 g/mol. The SMILES string of the molecule is CCC(C)C(N)C(=O)NC(Cc1ccccc1)C(=O)NC(C(=O)NC(C(=O)O)C(C)CC)C(C)C. The molecular formula is C26H42N4O5. The summed E-state index contributed by atoms with van der Waals surface area (Å²) >= 11 is 0. The predicted molar refractivity (Wildman–Crippen MR) is 135 cm³/mol. The van der Waals surface area contributed by atoms with Crippen LogP contribution >= 0.6 is 0 Å². The van der Waals surface area contributed by atoms with Crippen molar-refractivity contribution >= 4 is 23.7 Å². The minimum absolute atomic E-state index is 0.0712. The average molecular weight is 491 g/mol. The Kier molecular flexibility index (Phi) is 12.4. The van der Waals surface area contributed by atoms with Crippen molar-refractivity contribution in [3.8, 4) is 0 Å². The van der Waals surface area contributed by atoms with Crippen LogP contribution in [0.3, 0.4) is 0 Å². The number of benzene rings is 1. The molecule has 0 heterocycles. The fourth-order valence-corrected chi connectivity index (χ4v) is 3.55. The smallest absolute Gasteiger partial charge is 0.326 e. The minimum atomic E-state index is -1.13. The third kappa shape index (κ3) is 9.32. The van der Waals surface area contributed by atoms with Gasteiger partial charge in [-0.15, -0.1) is 0 Å². The van der Waals surface area contributed by atoms with Gasteiger partial charge in [-0.2, -0.15) is 0 Å². The van der Waals surface area contributed by atoms with Crippen LogP contribution in [-0.4, -0.2) is 53.0 Å². The van der Waals surface area contributed by atoms with Crippen LogP contribution in [0.5, 0.6) is 0 Å². The summed E-state index contributed by atoms with van der Waals surface area (Å²) in [7, 11) is 0. The molecule has 6 atom stereocenters. The largest absolute Gasteiger partial charge is 0.480 e.